The number of hydrogen-bond donors (Lipinski definition) is 0. The van der Waals surface area contributed by atoms with Gasteiger partial charge in [-0.25, -0.2) is 0 Å². The molecule has 2 aliphatic heterocycles. The van der Waals surface area contributed by atoms with Gasteiger partial charge in [0.15, 0.2) is 5.71 Å². The van der Waals surface area contributed by atoms with Crippen LogP contribution in [0.25, 0.3) is 6.08 Å². The number of benzene rings is 2. The summed E-state index contributed by atoms with van der Waals surface area (Å²) in [6, 6.07) is 15.4. The van der Waals surface area contributed by atoms with Crippen LogP contribution in [0.15, 0.2) is 60.7 Å². The summed E-state index contributed by atoms with van der Waals surface area (Å²) in [6.07, 6.45) is 13.1. The predicted octanol–water partition coefficient (Wildman–Crippen LogP) is 5.59. The zero-order valence-electron chi connectivity index (χ0n) is 20.1. The fourth-order valence-electron chi connectivity index (χ4n) is 5.73. The molecule has 0 spiro atoms. The number of fused-ring (bicyclic) bond motifs is 1. The molecule has 172 valence electrons. The van der Waals surface area contributed by atoms with Crippen molar-refractivity contribution in [3.05, 3.63) is 71.8 Å². The fourth-order valence-corrected chi connectivity index (χ4v) is 5.73. The van der Waals surface area contributed by atoms with Crippen LogP contribution in [0.3, 0.4) is 0 Å². The quantitative estimate of drug-likeness (QED) is 0.445. The summed E-state index contributed by atoms with van der Waals surface area (Å²) in [5, 5.41) is 0. The largest absolute Gasteiger partial charge is 0.497 e. The molecule has 0 aromatic heterocycles. The molecule has 1 saturated heterocycles. The van der Waals surface area contributed by atoms with E-state index in [4.69, 9.17) is 9.47 Å². The maximum atomic E-state index is 5.61. The first-order valence-corrected chi connectivity index (χ1v) is 12.2. The van der Waals surface area contributed by atoms with Crippen LogP contribution in [-0.4, -0.2) is 50.7 Å². The topological polar surface area (TPSA) is 24.7 Å². The number of methoxy groups -OCH3 is 1. The smallest absolute Gasteiger partial charge is 0.209 e. The highest BCUT2D eigenvalue weighted by molar-refractivity contribution is 6.06. The Hall–Kier alpha value is -2.85. The third-order valence-corrected chi connectivity index (χ3v) is 7.72. The van der Waals surface area contributed by atoms with Crippen LogP contribution in [0.2, 0.25) is 0 Å². The highest BCUT2D eigenvalue weighted by atomic mass is 16.5. The predicted molar refractivity (Wildman–Crippen MR) is 136 cm³/mol. The Morgan fingerprint density at radius 1 is 1.09 bits per heavy atom. The summed E-state index contributed by atoms with van der Waals surface area (Å²) >= 11 is 0. The summed E-state index contributed by atoms with van der Waals surface area (Å²) in [7, 11) is 3.95. The van der Waals surface area contributed by atoms with Gasteiger partial charge in [0.05, 0.1) is 25.7 Å². The van der Waals surface area contributed by atoms with Crippen LogP contribution >= 0.6 is 0 Å². The van der Waals surface area contributed by atoms with E-state index >= 15 is 0 Å². The molecule has 1 aliphatic carbocycles. The fraction of sp³-hybridized carbons (Fsp3) is 0.414. The first-order valence-electron chi connectivity index (χ1n) is 12.2. The van der Waals surface area contributed by atoms with Gasteiger partial charge in [-0.05, 0) is 68.0 Å². The lowest BCUT2D eigenvalue weighted by Gasteiger charge is -2.32. The van der Waals surface area contributed by atoms with Gasteiger partial charge >= 0.3 is 0 Å². The van der Waals surface area contributed by atoms with Crippen LogP contribution < -0.4 is 9.64 Å². The van der Waals surface area contributed by atoms with E-state index in [2.05, 4.69) is 90.2 Å². The molecular weight excluding hydrogens is 408 g/mol. The Morgan fingerprint density at radius 2 is 1.88 bits per heavy atom. The average molecular weight is 444 g/mol. The molecule has 0 N–H and O–H groups in total. The lowest BCUT2D eigenvalue weighted by molar-refractivity contribution is -0.401. The molecule has 2 aromatic carbocycles. The van der Waals surface area contributed by atoms with E-state index in [1.54, 1.807) is 7.11 Å². The zero-order chi connectivity index (χ0) is 22.8. The van der Waals surface area contributed by atoms with Crippen molar-refractivity contribution in [2.75, 3.05) is 45.4 Å². The van der Waals surface area contributed by atoms with Crippen molar-refractivity contribution in [2.24, 2.45) is 5.92 Å². The second kappa shape index (κ2) is 9.18. The number of nitrogens with zero attached hydrogens (tertiary/aromatic N) is 2. The van der Waals surface area contributed by atoms with Gasteiger partial charge in [-0.1, -0.05) is 24.3 Å². The van der Waals surface area contributed by atoms with Crippen LogP contribution in [0.4, 0.5) is 11.4 Å². The highest BCUT2D eigenvalue weighted by Gasteiger charge is 2.51. The van der Waals surface area contributed by atoms with Gasteiger partial charge < -0.3 is 14.4 Å². The van der Waals surface area contributed by atoms with E-state index in [0.717, 1.165) is 32.1 Å². The van der Waals surface area contributed by atoms with Crippen molar-refractivity contribution in [2.45, 2.75) is 31.6 Å². The summed E-state index contributed by atoms with van der Waals surface area (Å²) in [5.74, 6) is 1.41. The van der Waals surface area contributed by atoms with E-state index in [1.807, 2.05) is 0 Å². The van der Waals surface area contributed by atoms with E-state index in [9.17, 15) is 0 Å². The van der Waals surface area contributed by atoms with Crippen LogP contribution in [0.5, 0.6) is 5.75 Å². The normalized spacial score (nSPS) is 25.1. The Kier molecular flexibility index (Phi) is 6.11. The van der Waals surface area contributed by atoms with Gasteiger partial charge in [0.2, 0.25) is 5.69 Å². The van der Waals surface area contributed by atoms with Crippen molar-refractivity contribution >= 4 is 23.2 Å². The van der Waals surface area contributed by atoms with Crippen LogP contribution in [-0.2, 0) is 10.2 Å². The van der Waals surface area contributed by atoms with E-state index in [0.29, 0.717) is 5.92 Å². The molecule has 33 heavy (non-hydrogen) atoms. The summed E-state index contributed by atoms with van der Waals surface area (Å²) in [5.41, 5.74) is 6.41. The van der Waals surface area contributed by atoms with Gasteiger partial charge in [-0.3, -0.25) is 0 Å². The van der Waals surface area contributed by atoms with Crippen molar-refractivity contribution in [3.63, 3.8) is 0 Å². The number of rotatable bonds is 5. The van der Waals surface area contributed by atoms with Crippen molar-refractivity contribution in [1.82, 2.24) is 0 Å². The van der Waals surface area contributed by atoms with Gasteiger partial charge in [0.25, 0.3) is 0 Å². The molecule has 2 aromatic rings. The third-order valence-electron chi connectivity index (χ3n) is 7.72. The first-order chi connectivity index (χ1) is 16.1. The molecule has 5 rings (SSSR count). The SMILES string of the molecule is COc1ccc2c(c1)C(C)(C1C=CCCC1)C(/C=C/c1ccc(N3CCOCC3)cc1)=[N+]2C. The number of morpholine rings is 1. The molecule has 0 saturated carbocycles. The van der Waals surface area contributed by atoms with Crippen molar-refractivity contribution in [3.8, 4) is 5.75 Å². The van der Waals surface area contributed by atoms with Crippen molar-refractivity contribution < 1.29 is 14.0 Å². The summed E-state index contributed by atoms with van der Waals surface area (Å²) in [4.78, 5) is 2.40. The lowest BCUT2D eigenvalue weighted by atomic mass is 9.66. The molecule has 2 unspecified atom stereocenters. The maximum Gasteiger partial charge on any atom is 0.209 e. The average Bonchev–Trinajstić information content (AvgIpc) is 3.10. The zero-order valence-corrected chi connectivity index (χ0v) is 20.1. The van der Waals surface area contributed by atoms with Gasteiger partial charge in [0, 0.05) is 36.5 Å². The monoisotopic (exact) mass is 443 g/mol. The highest BCUT2D eigenvalue weighted by Crippen LogP contribution is 2.48. The molecule has 0 amide bonds. The summed E-state index contributed by atoms with van der Waals surface area (Å²) in [6.45, 7) is 5.97. The van der Waals surface area contributed by atoms with Gasteiger partial charge in [-0.15, -0.1) is 0 Å². The molecular formula is C29H35N2O2+. The Labute approximate surface area is 197 Å². The number of ether oxygens (including phenoxy) is 2. The lowest BCUT2D eigenvalue weighted by Crippen LogP contribution is -2.38. The van der Waals surface area contributed by atoms with E-state index < -0.39 is 0 Å². The molecule has 2 heterocycles. The molecule has 0 radical (unpaired) electrons. The number of hydrogen-bond acceptors (Lipinski definition) is 3. The first kappa shape index (κ1) is 22.0. The molecule has 0 bridgehead atoms. The van der Waals surface area contributed by atoms with Gasteiger partial charge in [-0.2, -0.15) is 4.58 Å². The van der Waals surface area contributed by atoms with Crippen LogP contribution in [0, 0.1) is 5.92 Å². The third kappa shape index (κ3) is 4.02. The standard InChI is InChI=1S/C29H35N2O2/c1-29(23-7-5-4-6-8-23)26-21-25(32-3)14-15-27(26)30(2)28(29)16-11-22-9-12-24(13-10-22)31-17-19-33-20-18-31/h5,7,9-16,21,23H,4,6,8,17-20H2,1-3H3/q+1. The minimum absolute atomic E-state index is 0.0835. The Morgan fingerprint density at radius 3 is 2.58 bits per heavy atom. The summed E-state index contributed by atoms with van der Waals surface area (Å²) < 4.78 is 13.5. The maximum absolute atomic E-state index is 5.61. The van der Waals surface area contributed by atoms with Crippen molar-refractivity contribution in [1.29, 1.82) is 0 Å². The second-order valence-electron chi connectivity index (χ2n) is 9.52. The molecule has 3 aliphatic rings. The molecule has 4 heteroatoms. The molecule has 2 atom stereocenters. The van der Waals surface area contributed by atoms with E-state index in [1.165, 1.54) is 47.5 Å². The second-order valence-corrected chi connectivity index (χ2v) is 9.52. The van der Waals surface area contributed by atoms with E-state index in [-0.39, 0.29) is 5.41 Å². The molecule has 1 fully saturated rings. The minimum atomic E-state index is -0.0835. The van der Waals surface area contributed by atoms with Gasteiger partial charge in [0.1, 0.15) is 12.8 Å². The number of anilines is 1. The Balaban J connectivity index is 1.48. The minimum Gasteiger partial charge on any atom is -0.497 e. The Bertz CT molecular complexity index is 1090. The van der Waals surface area contributed by atoms with Crippen LogP contribution in [0.1, 0.15) is 37.3 Å². The molecule has 4 nitrogen and oxygen atoms in total. The number of allylic oxidation sites excluding steroid dienone is 3.